The Morgan fingerprint density at radius 3 is 2.78 bits per heavy atom. The quantitative estimate of drug-likeness (QED) is 0.626. The molecule has 0 bridgehead atoms. The fourth-order valence-electron chi connectivity index (χ4n) is 3.54. The molecule has 1 aromatic rings. The predicted molar refractivity (Wildman–Crippen MR) is 97.2 cm³/mol. The van der Waals surface area contributed by atoms with Gasteiger partial charge in [-0.15, -0.1) is 11.3 Å². The maximum atomic E-state index is 12.9. The van der Waals surface area contributed by atoms with Crippen LogP contribution in [0.4, 0.5) is 4.79 Å². The van der Waals surface area contributed by atoms with Crippen LogP contribution in [-0.2, 0) is 48.7 Å². The van der Waals surface area contributed by atoms with Gasteiger partial charge in [-0.1, -0.05) is 6.42 Å². The van der Waals surface area contributed by atoms with Crippen molar-refractivity contribution in [1.82, 2.24) is 25.4 Å². The van der Waals surface area contributed by atoms with Crippen LogP contribution >= 0.6 is 11.3 Å². The first-order chi connectivity index (χ1) is 12.3. The van der Waals surface area contributed by atoms with Gasteiger partial charge in [-0.25, -0.2) is 16.3 Å². The minimum absolute atomic E-state index is 0. The topological polar surface area (TPSA) is 94.6 Å². The Kier molecular flexibility index (Phi) is 7.38. The van der Waals surface area contributed by atoms with E-state index in [1.807, 2.05) is 11.9 Å². The average Bonchev–Trinajstić information content (AvgIpc) is 3.29. The van der Waals surface area contributed by atoms with Crippen LogP contribution in [0.2, 0.25) is 0 Å². The molecule has 2 unspecified atom stereocenters. The molecule has 10 heteroatoms. The molecule has 0 saturated carbocycles. The predicted octanol–water partition coefficient (Wildman–Crippen LogP) is 0.754. The first-order valence-electron chi connectivity index (χ1n) is 8.66. The zero-order valence-electron chi connectivity index (χ0n) is 15.8. The molecule has 2 atom stereocenters. The molecule has 2 aliphatic rings. The third-order valence-corrected chi connectivity index (χ3v) is 5.45. The van der Waals surface area contributed by atoms with E-state index in [9.17, 15) is 14.4 Å². The van der Waals surface area contributed by atoms with E-state index >= 15 is 0 Å². The monoisotopic (exact) mass is 467 g/mol. The van der Waals surface area contributed by atoms with Crippen molar-refractivity contribution in [3.05, 3.63) is 23.1 Å². The number of amides is 4. The number of nitrogens with zero attached hydrogens (tertiary/aromatic N) is 3. The van der Waals surface area contributed by atoms with Crippen LogP contribution in [0.15, 0.2) is 10.9 Å². The van der Waals surface area contributed by atoms with Crippen LogP contribution in [0.1, 0.15) is 32.4 Å². The van der Waals surface area contributed by atoms with Crippen molar-refractivity contribution in [2.75, 3.05) is 13.6 Å². The van der Waals surface area contributed by atoms with E-state index in [1.165, 1.54) is 16.2 Å². The van der Waals surface area contributed by atoms with Crippen molar-refractivity contribution < 1.29 is 47.1 Å². The van der Waals surface area contributed by atoms with Gasteiger partial charge >= 0.3 is 6.03 Å². The van der Waals surface area contributed by atoms with Crippen LogP contribution in [0.25, 0.3) is 0 Å². The van der Waals surface area contributed by atoms with Gasteiger partial charge in [0.15, 0.2) is 0 Å². The molecule has 2 saturated heterocycles. The van der Waals surface area contributed by atoms with E-state index < -0.39 is 17.6 Å². The molecule has 0 aliphatic carbocycles. The summed E-state index contributed by atoms with van der Waals surface area (Å²) in [5.74, 6) is -0.481. The molecule has 3 heterocycles. The van der Waals surface area contributed by atoms with Gasteiger partial charge in [0.25, 0.3) is 0 Å². The smallest absolute Gasteiger partial charge is 0.318 e. The van der Waals surface area contributed by atoms with E-state index in [1.54, 1.807) is 31.3 Å². The normalized spacial score (nSPS) is 22.2. The summed E-state index contributed by atoms with van der Waals surface area (Å²) < 4.78 is 0. The SMILES string of the molecule is CN1C(=O)NC(C)(C)C1C(=O)NC(Cc1cscn1)C(=O)N1[CH-]CCC1.[Y]. The molecule has 8 nitrogen and oxygen atoms in total. The second kappa shape index (κ2) is 8.96. The number of urea groups is 1. The van der Waals surface area contributed by atoms with Gasteiger partial charge in [0, 0.05) is 51.6 Å². The van der Waals surface area contributed by atoms with E-state index in [-0.39, 0.29) is 50.6 Å². The van der Waals surface area contributed by atoms with E-state index in [0.29, 0.717) is 13.0 Å². The van der Waals surface area contributed by atoms with Crippen molar-refractivity contribution in [3.63, 3.8) is 0 Å². The number of likely N-dealkylation sites (N-methyl/N-ethyl adjacent to an activating group) is 1. The molecule has 3 rings (SSSR count). The van der Waals surface area contributed by atoms with Gasteiger partial charge in [-0.2, -0.15) is 6.42 Å². The summed E-state index contributed by atoms with van der Waals surface area (Å²) in [5, 5.41) is 7.52. The van der Waals surface area contributed by atoms with Gasteiger partial charge in [0.1, 0.15) is 12.1 Å². The van der Waals surface area contributed by atoms with Crippen LogP contribution in [-0.4, -0.2) is 63.8 Å². The first-order valence-corrected chi connectivity index (χ1v) is 9.60. The number of likely N-dealkylation sites (tertiary alicyclic amines) is 1. The number of carbonyl (C=O) groups is 3. The maximum absolute atomic E-state index is 12.9. The molecule has 27 heavy (non-hydrogen) atoms. The fraction of sp³-hybridized carbons (Fsp3) is 0.588. The molecule has 0 spiro atoms. The minimum Gasteiger partial charge on any atom is -0.491 e. The number of thiazole rings is 1. The summed E-state index contributed by atoms with van der Waals surface area (Å²) in [4.78, 5) is 45.0. The van der Waals surface area contributed by atoms with Crippen LogP contribution in [0, 0.1) is 6.54 Å². The summed E-state index contributed by atoms with van der Waals surface area (Å²) in [7, 11) is 1.58. The van der Waals surface area contributed by atoms with Crippen LogP contribution in [0.5, 0.6) is 0 Å². The fourth-order valence-corrected chi connectivity index (χ4v) is 4.11. The number of hydrogen-bond donors (Lipinski definition) is 2. The summed E-state index contributed by atoms with van der Waals surface area (Å²) >= 11 is 1.45. The van der Waals surface area contributed by atoms with Crippen molar-refractivity contribution in [3.8, 4) is 0 Å². The molecular weight excluding hydrogens is 443 g/mol. The molecule has 4 amide bonds. The van der Waals surface area contributed by atoms with Gasteiger partial charge in [0.05, 0.1) is 16.7 Å². The van der Waals surface area contributed by atoms with Gasteiger partial charge < -0.3 is 20.4 Å². The number of aromatic nitrogens is 1. The third kappa shape index (κ3) is 4.87. The molecule has 0 aromatic carbocycles. The molecule has 2 fully saturated rings. The van der Waals surface area contributed by atoms with Gasteiger partial charge in [-0.05, 0) is 20.4 Å². The minimum atomic E-state index is -0.718. The van der Waals surface area contributed by atoms with Gasteiger partial charge in [-0.3, -0.25) is 9.59 Å². The average molecular weight is 467 g/mol. The van der Waals surface area contributed by atoms with Crippen molar-refractivity contribution in [2.24, 2.45) is 0 Å². The molecule has 1 radical (unpaired) electrons. The maximum Gasteiger partial charge on any atom is 0.318 e. The Hall–Kier alpha value is -1.06. The molecular formula is C17H24N5O3SY-. The number of nitrogens with one attached hydrogen (secondary N) is 2. The summed E-state index contributed by atoms with van der Waals surface area (Å²) in [5.41, 5.74) is 1.75. The zero-order chi connectivity index (χ0) is 18.9. The number of carbonyl (C=O) groups excluding carboxylic acids is 3. The van der Waals surface area contributed by atoms with Crippen molar-refractivity contribution in [2.45, 2.75) is 50.7 Å². The second-order valence-electron chi connectivity index (χ2n) is 7.27. The number of rotatable bonds is 5. The Bertz CT molecular complexity index is 691. The Balaban J connectivity index is 0.00000261. The van der Waals surface area contributed by atoms with Crippen molar-refractivity contribution >= 4 is 29.2 Å². The Labute approximate surface area is 188 Å². The summed E-state index contributed by atoms with van der Waals surface area (Å²) in [6.07, 6.45) is 2.12. The van der Waals surface area contributed by atoms with E-state index in [2.05, 4.69) is 15.6 Å². The largest absolute Gasteiger partial charge is 0.491 e. The molecule has 1 aromatic heterocycles. The number of hydrogen-bond acceptors (Lipinski definition) is 5. The third-order valence-electron chi connectivity index (χ3n) is 4.82. The second-order valence-corrected chi connectivity index (χ2v) is 7.99. The Morgan fingerprint density at radius 2 is 2.26 bits per heavy atom. The molecule has 2 N–H and O–H groups in total. The summed E-state index contributed by atoms with van der Waals surface area (Å²) in [6.45, 7) is 6.13. The first kappa shape index (κ1) is 22.2. The van der Waals surface area contributed by atoms with Crippen LogP contribution < -0.4 is 10.6 Å². The standard InChI is InChI=1S/C17H24N5O3S.Y/c1-17(2)13(21(3)16(25)20-17)14(23)19-12(8-11-9-26-10-18-11)15(24)22-6-4-5-7-22;/h6,9-10,12-13H,4-5,7-8H2,1-3H3,(H,19,23)(H,20,25);/q-1;. The molecule has 145 valence electrons. The van der Waals surface area contributed by atoms with E-state index in [0.717, 1.165) is 18.5 Å². The van der Waals surface area contributed by atoms with Crippen molar-refractivity contribution in [1.29, 1.82) is 0 Å². The summed E-state index contributed by atoms with van der Waals surface area (Å²) in [6, 6.07) is -1.70. The van der Waals surface area contributed by atoms with Crippen LogP contribution in [0.3, 0.4) is 0 Å². The zero-order valence-corrected chi connectivity index (χ0v) is 19.4. The van der Waals surface area contributed by atoms with Gasteiger partial charge in [0.2, 0.25) is 11.8 Å². The Morgan fingerprint density at radius 1 is 1.52 bits per heavy atom. The van der Waals surface area contributed by atoms with E-state index in [4.69, 9.17) is 0 Å². The molecule has 2 aliphatic heterocycles.